The van der Waals surface area contributed by atoms with Crippen LogP contribution in [0.3, 0.4) is 0 Å². The molecular weight excluding hydrogens is 320 g/mol. The molecule has 1 aliphatic heterocycles. The molecule has 2 aromatic heterocycles. The highest BCUT2D eigenvalue weighted by atomic mass is 16.5. The largest absolute Gasteiger partial charge is 0.493 e. The number of hydrogen-bond acceptors (Lipinski definition) is 6. The minimum absolute atomic E-state index is 0.121. The summed E-state index contributed by atoms with van der Waals surface area (Å²) in [6, 6.07) is 1.93. The molecule has 1 amide bonds. The van der Waals surface area contributed by atoms with Crippen molar-refractivity contribution in [3.63, 3.8) is 0 Å². The molecule has 1 saturated heterocycles. The van der Waals surface area contributed by atoms with Gasteiger partial charge in [-0.1, -0.05) is 0 Å². The van der Waals surface area contributed by atoms with Crippen molar-refractivity contribution in [3.8, 4) is 5.75 Å². The topological polar surface area (TPSA) is 76.4 Å². The Bertz CT molecular complexity index is 744. The van der Waals surface area contributed by atoms with Crippen molar-refractivity contribution in [2.45, 2.75) is 26.3 Å². The van der Waals surface area contributed by atoms with E-state index in [-0.39, 0.29) is 17.3 Å². The second kappa shape index (κ2) is 6.70. The standard InChI is InChI=1S/C17H24N6O2/c1-17(2,3)23-12-19-15(20-23)16(24)22-9-7-21(8-10-22)13-5-6-18-11-14(13)25-4/h5-6,11-12H,7-10H2,1-4H3. The second-order valence-electron chi connectivity index (χ2n) is 7.01. The molecule has 0 bridgehead atoms. The highest BCUT2D eigenvalue weighted by Gasteiger charge is 2.27. The van der Waals surface area contributed by atoms with Gasteiger partial charge in [-0.15, -0.1) is 5.10 Å². The van der Waals surface area contributed by atoms with Crippen LogP contribution in [-0.4, -0.2) is 63.8 Å². The molecule has 25 heavy (non-hydrogen) atoms. The van der Waals surface area contributed by atoms with Gasteiger partial charge >= 0.3 is 0 Å². The Hall–Kier alpha value is -2.64. The van der Waals surface area contributed by atoms with Gasteiger partial charge < -0.3 is 14.5 Å². The summed E-state index contributed by atoms with van der Waals surface area (Å²) in [5.74, 6) is 0.877. The average molecular weight is 344 g/mol. The monoisotopic (exact) mass is 344 g/mol. The van der Waals surface area contributed by atoms with Gasteiger partial charge in [-0.05, 0) is 26.8 Å². The predicted molar refractivity (Wildman–Crippen MR) is 93.9 cm³/mol. The lowest BCUT2D eigenvalue weighted by Gasteiger charge is -2.36. The first kappa shape index (κ1) is 17.2. The van der Waals surface area contributed by atoms with Gasteiger partial charge in [-0.3, -0.25) is 9.78 Å². The van der Waals surface area contributed by atoms with Gasteiger partial charge in [0, 0.05) is 32.4 Å². The lowest BCUT2D eigenvalue weighted by atomic mass is 10.1. The summed E-state index contributed by atoms with van der Waals surface area (Å²) in [6.07, 6.45) is 5.07. The van der Waals surface area contributed by atoms with Gasteiger partial charge in [0.1, 0.15) is 6.33 Å². The number of ether oxygens (including phenoxy) is 1. The molecule has 0 aliphatic carbocycles. The molecule has 0 atom stereocenters. The van der Waals surface area contributed by atoms with Crippen LogP contribution in [0, 0.1) is 0 Å². The third kappa shape index (κ3) is 3.57. The first-order valence-electron chi connectivity index (χ1n) is 8.34. The number of aromatic nitrogens is 4. The number of carbonyl (C=O) groups excluding carboxylic acids is 1. The summed E-state index contributed by atoms with van der Waals surface area (Å²) in [6.45, 7) is 8.77. The summed E-state index contributed by atoms with van der Waals surface area (Å²) in [7, 11) is 1.64. The van der Waals surface area contributed by atoms with Crippen LogP contribution in [0.5, 0.6) is 5.75 Å². The molecule has 2 aromatic rings. The van der Waals surface area contributed by atoms with Crippen molar-refractivity contribution in [3.05, 3.63) is 30.6 Å². The summed E-state index contributed by atoms with van der Waals surface area (Å²) in [4.78, 5) is 24.9. The van der Waals surface area contributed by atoms with E-state index in [4.69, 9.17) is 4.74 Å². The highest BCUT2D eigenvalue weighted by Crippen LogP contribution is 2.27. The Balaban J connectivity index is 1.66. The van der Waals surface area contributed by atoms with Crippen LogP contribution in [-0.2, 0) is 5.54 Å². The zero-order valence-electron chi connectivity index (χ0n) is 15.1. The average Bonchev–Trinajstić information content (AvgIpc) is 3.12. The van der Waals surface area contributed by atoms with Gasteiger partial charge in [-0.2, -0.15) is 0 Å². The van der Waals surface area contributed by atoms with E-state index in [0.717, 1.165) is 24.5 Å². The SMILES string of the molecule is COc1cnccc1N1CCN(C(=O)c2ncn(C(C)(C)C)n2)CC1. The maximum absolute atomic E-state index is 12.6. The van der Waals surface area contributed by atoms with Crippen LogP contribution >= 0.6 is 0 Å². The molecule has 0 saturated carbocycles. The summed E-state index contributed by atoms with van der Waals surface area (Å²) in [5, 5.41) is 4.33. The lowest BCUT2D eigenvalue weighted by Crippen LogP contribution is -2.49. The van der Waals surface area contributed by atoms with E-state index in [2.05, 4.69) is 20.0 Å². The third-order valence-electron chi connectivity index (χ3n) is 4.26. The number of piperazine rings is 1. The van der Waals surface area contributed by atoms with Crippen LogP contribution in [0.4, 0.5) is 5.69 Å². The normalized spacial score (nSPS) is 15.4. The van der Waals surface area contributed by atoms with Crippen LogP contribution in [0.25, 0.3) is 0 Å². The van der Waals surface area contributed by atoms with Crippen molar-refractivity contribution >= 4 is 11.6 Å². The van der Waals surface area contributed by atoms with Gasteiger partial charge in [0.25, 0.3) is 5.91 Å². The van der Waals surface area contributed by atoms with E-state index in [1.807, 2.05) is 26.8 Å². The predicted octanol–water partition coefficient (Wildman–Crippen LogP) is 1.40. The van der Waals surface area contributed by atoms with Crippen molar-refractivity contribution < 1.29 is 9.53 Å². The fraction of sp³-hybridized carbons (Fsp3) is 0.529. The van der Waals surface area contributed by atoms with E-state index in [1.165, 1.54) is 0 Å². The number of rotatable bonds is 3. The molecule has 0 aromatic carbocycles. The smallest absolute Gasteiger partial charge is 0.293 e. The third-order valence-corrected chi connectivity index (χ3v) is 4.26. The van der Waals surface area contributed by atoms with Crippen LogP contribution < -0.4 is 9.64 Å². The van der Waals surface area contributed by atoms with Gasteiger partial charge in [0.2, 0.25) is 5.82 Å². The van der Waals surface area contributed by atoms with Crippen molar-refractivity contribution in [2.24, 2.45) is 0 Å². The summed E-state index contributed by atoms with van der Waals surface area (Å²) < 4.78 is 7.09. The maximum atomic E-state index is 12.6. The number of hydrogen-bond donors (Lipinski definition) is 0. The highest BCUT2D eigenvalue weighted by molar-refractivity contribution is 5.90. The molecule has 0 radical (unpaired) electrons. The second-order valence-corrected chi connectivity index (χ2v) is 7.01. The Morgan fingerprint density at radius 2 is 1.92 bits per heavy atom. The van der Waals surface area contributed by atoms with Gasteiger partial charge in [0.05, 0.1) is 24.5 Å². The number of carbonyl (C=O) groups is 1. The zero-order chi connectivity index (χ0) is 18.0. The molecule has 0 unspecified atom stereocenters. The van der Waals surface area contributed by atoms with E-state index in [1.54, 1.807) is 35.4 Å². The van der Waals surface area contributed by atoms with Crippen LogP contribution in [0.1, 0.15) is 31.4 Å². The van der Waals surface area contributed by atoms with E-state index in [9.17, 15) is 4.79 Å². The Morgan fingerprint density at radius 3 is 2.52 bits per heavy atom. The molecule has 1 fully saturated rings. The molecule has 134 valence electrons. The molecule has 1 aliphatic rings. The number of nitrogens with zero attached hydrogens (tertiary/aromatic N) is 6. The number of amides is 1. The van der Waals surface area contributed by atoms with Gasteiger partial charge in [-0.25, -0.2) is 9.67 Å². The summed E-state index contributed by atoms with van der Waals surface area (Å²) in [5.41, 5.74) is 0.807. The molecule has 3 rings (SSSR count). The number of methoxy groups -OCH3 is 1. The quantitative estimate of drug-likeness (QED) is 0.838. The van der Waals surface area contributed by atoms with Gasteiger partial charge in [0.15, 0.2) is 5.75 Å². The molecule has 8 nitrogen and oxygen atoms in total. The lowest BCUT2D eigenvalue weighted by molar-refractivity contribution is 0.0733. The van der Waals surface area contributed by atoms with E-state index < -0.39 is 0 Å². The first-order valence-corrected chi connectivity index (χ1v) is 8.34. The Labute approximate surface area is 147 Å². The zero-order valence-corrected chi connectivity index (χ0v) is 15.1. The Kier molecular flexibility index (Phi) is 4.61. The molecule has 0 N–H and O–H groups in total. The van der Waals surface area contributed by atoms with Crippen molar-refractivity contribution in [1.82, 2.24) is 24.6 Å². The molecular formula is C17H24N6O2. The Morgan fingerprint density at radius 1 is 1.20 bits per heavy atom. The fourth-order valence-corrected chi connectivity index (χ4v) is 2.77. The number of pyridine rings is 1. The van der Waals surface area contributed by atoms with E-state index in [0.29, 0.717) is 13.1 Å². The number of anilines is 1. The molecule has 3 heterocycles. The summed E-state index contributed by atoms with van der Waals surface area (Å²) >= 11 is 0. The van der Waals surface area contributed by atoms with Crippen LogP contribution in [0.15, 0.2) is 24.8 Å². The van der Waals surface area contributed by atoms with E-state index >= 15 is 0 Å². The fourth-order valence-electron chi connectivity index (χ4n) is 2.77. The molecule has 8 heteroatoms. The minimum atomic E-state index is -0.192. The van der Waals surface area contributed by atoms with Crippen LogP contribution in [0.2, 0.25) is 0 Å². The van der Waals surface area contributed by atoms with Crippen molar-refractivity contribution in [2.75, 3.05) is 38.2 Å². The minimum Gasteiger partial charge on any atom is -0.493 e. The van der Waals surface area contributed by atoms with Crippen molar-refractivity contribution in [1.29, 1.82) is 0 Å². The first-order chi connectivity index (χ1) is 11.9. The maximum Gasteiger partial charge on any atom is 0.293 e. The molecule has 0 spiro atoms.